The lowest BCUT2D eigenvalue weighted by atomic mass is 10.0. The summed E-state index contributed by atoms with van der Waals surface area (Å²) in [6.45, 7) is 4.97. The minimum absolute atomic E-state index is 0.0584. The number of rotatable bonds is 5. The topological polar surface area (TPSA) is 99.7 Å². The van der Waals surface area contributed by atoms with Crippen LogP contribution < -0.4 is 0 Å². The molecule has 7 nitrogen and oxygen atoms in total. The number of carbonyl (C=O) groups is 3. The summed E-state index contributed by atoms with van der Waals surface area (Å²) in [5.74, 6) is -2.02. The van der Waals surface area contributed by atoms with Crippen LogP contribution in [0.3, 0.4) is 0 Å². The molecule has 2 aromatic carbocycles. The number of carboxylic acid groups (broad SMARTS) is 1. The van der Waals surface area contributed by atoms with Gasteiger partial charge in [0.25, 0.3) is 5.91 Å². The Kier molecular flexibility index (Phi) is 5.91. The molecule has 0 spiro atoms. The van der Waals surface area contributed by atoms with E-state index in [9.17, 15) is 19.5 Å². The molecule has 0 aliphatic heterocycles. The van der Waals surface area contributed by atoms with Crippen LogP contribution in [0.4, 0.5) is 4.79 Å². The molecule has 3 aromatic rings. The summed E-state index contributed by atoms with van der Waals surface area (Å²) < 4.78 is 5.38. The number of nitrogens with zero attached hydrogens (tertiary/aromatic N) is 1. The van der Waals surface area contributed by atoms with Crippen LogP contribution in [-0.2, 0) is 16.0 Å². The average Bonchev–Trinajstić information content (AvgIpc) is 3.09. The molecule has 7 heteroatoms. The van der Waals surface area contributed by atoms with Crippen molar-refractivity contribution in [3.8, 4) is 0 Å². The van der Waals surface area contributed by atoms with Crippen molar-refractivity contribution in [3.63, 3.8) is 0 Å². The van der Waals surface area contributed by atoms with Gasteiger partial charge in [-0.1, -0.05) is 36.4 Å². The summed E-state index contributed by atoms with van der Waals surface area (Å²) in [5.41, 5.74) is 0.839. The summed E-state index contributed by atoms with van der Waals surface area (Å²) in [6.07, 6.45) is 0.640. The van der Waals surface area contributed by atoms with Gasteiger partial charge in [-0.15, -0.1) is 0 Å². The molecule has 1 heterocycles. The summed E-state index contributed by atoms with van der Waals surface area (Å²) >= 11 is 0. The van der Waals surface area contributed by atoms with E-state index in [0.717, 1.165) is 10.9 Å². The molecule has 0 saturated heterocycles. The second kappa shape index (κ2) is 8.41. The van der Waals surface area contributed by atoms with Crippen LogP contribution in [-0.4, -0.2) is 44.6 Å². The van der Waals surface area contributed by atoms with E-state index in [4.69, 9.17) is 4.74 Å². The molecule has 1 unspecified atom stereocenters. The zero-order valence-corrected chi connectivity index (χ0v) is 17.1. The van der Waals surface area contributed by atoms with E-state index in [1.54, 1.807) is 45.2 Å². The minimum atomic E-state index is -1.44. The van der Waals surface area contributed by atoms with Crippen molar-refractivity contribution in [2.75, 3.05) is 0 Å². The number of benzene rings is 2. The maximum atomic E-state index is 13.2. The van der Waals surface area contributed by atoms with Crippen molar-refractivity contribution < 1.29 is 24.2 Å². The number of aromatic nitrogens is 1. The van der Waals surface area contributed by atoms with Gasteiger partial charge in [0.1, 0.15) is 11.6 Å². The molecule has 2 N–H and O–H groups in total. The summed E-state index contributed by atoms with van der Waals surface area (Å²) in [5, 5.41) is 10.8. The van der Waals surface area contributed by atoms with Crippen molar-refractivity contribution in [3.05, 3.63) is 71.9 Å². The first kappa shape index (κ1) is 21.1. The number of hydrogen-bond acceptors (Lipinski definition) is 4. The van der Waals surface area contributed by atoms with Gasteiger partial charge in [-0.25, -0.2) is 14.5 Å². The lowest BCUT2D eigenvalue weighted by Gasteiger charge is -2.30. The number of carbonyl (C=O) groups excluding carboxylic acids is 2. The second-order valence-electron chi connectivity index (χ2n) is 7.94. The Morgan fingerprint density at radius 2 is 1.67 bits per heavy atom. The molecule has 0 bridgehead atoms. The van der Waals surface area contributed by atoms with Gasteiger partial charge >= 0.3 is 12.1 Å². The standard InChI is InChI=1S/C23H24N2O5/c1-23(2,3)30-22(29)25(20(26)15-9-5-4-6-10-15)19(21(27)28)13-16-14-24-18-12-8-7-11-17(16)18/h4-12,14,19,24H,13H2,1-3H3,(H,27,28). The fraction of sp³-hybridized carbons (Fsp3) is 0.261. The number of fused-ring (bicyclic) bond motifs is 1. The van der Waals surface area contributed by atoms with Gasteiger partial charge in [-0.05, 0) is 44.5 Å². The highest BCUT2D eigenvalue weighted by atomic mass is 16.6. The molecule has 0 saturated carbocycles. The van der Waals surface area contributed by atoms with Crippen LogP contribution in [0.2, 0.25) is 0 Å². The Bertz CT molecular complexity index is 1070. The van der Waals surface area contributed by atoms with Crippen molar-refractivity contribution >= 4 is 28.9 Å². The fourth-order valence-corrected chi connectivity index (χ4v) is 3.18. The van der Waals surface area contributed by atoms with Gasteiger partial charge in [0, 0.05) is 29.1 Å². The van der Waals surface area contributed by atoms with Crippen LogP contribution in [0.15, 0.2) is 60.8 Å². The lowest BCUT2D eigenvalue weighted by Crippen LogP contribution is -2.51. The quantitative estimate of drug-likeness (QED) is 0.658. The van der Waals surface area contributed by atoms with E-state index in [1.165, 1.54) is 12.1 Å². The van der Waals surface area contributed by atoms with E-state index in [1.807, 2.05) is 24.3 Å². The van der Waals surface area contributed by atoms with Crippen molar-refractivity contribution in [1.29, 1.82) is 0 Å². The van der Waals surface area contributed by atoms with Gasteiger partial charge in [0.05, 0.1) is 0 Å². The third-order valence-electron chi connectivity index (χ3n) is 4.51. The molecule has 3 rings (SSSR count). The Morgan fingerprint density at radius 1 is 1.03 bits per heavy atom. The third-order valence-corrected chi connectivity index (χ3v) is 4.51. The summed E-state index contributed by atoms with van der Waals surface area (Å²) in [6, 6.07) is 14.1. The van der Waals surface area contributed by atoms with E-state index in [2.05, 4.69) is 4.98 Å². The van der Waals surface area contributed by atoms with Gasteiger partial charge < -0.3 is 14.8 Å². The van der Waals surface area contributed by atoms with Gasteiger partial charge in [0.2, 0.25) is 0 Å². The van der Waals surface area contributed by atoms with Crippen molar-refractivity contribution in [2.24, 2.45) is 0 Å². The number of amides is 2. The highest BCUT2D eigenvalue weighted by Gasteiger charge is 2.38. The van der Waals surface area contributed by atoms with Crippen LogP contribution in [0.5, 0.6) is 0 Å². The van der Waals surface area contributed by atoms with Crippen LogP contribution in [0.25, 0.3) is 10.9 Å². The smallest absolute Gasteiger partial charge is 0.418 e. The number of para-hydroxylation sites is 1. The number of nitrogens with one attached hydrogen (secondary N) is 1. The van der Waals surface area contributed by atoms with Gasteiger partial charge in [0.15, 0.2) is 0 Å². The number of ether oxygens (including phenoxy) is 1. The first-order chi connectivity index (χ1) is 14.2. The minimum Gasteiger partial charge on any atom is -0.480 e. The van der Waals surface area contributed by atoms with Gasteiger partial charge in [-0.3, -0.25) is 4.79 Å². The Balaban J connectivity index is 2.02. The predicted octanol–water partition coefficient (Wildman–Crippen LogP) is 4.24. The zero-order chi connectivity index (χ0) is 21.9. The predicted molar refractivity (Wildman–Crippen MR) is 112 cm³/mol. The van der Waals surface area contributed by atoms with E-state index < -0.39 is 29.6 Å². The number of H-pyrrole nitrogens is 1. The van der Waals surface area contributed by atoms with E-state index in [0.29, 0.717) is 10.5 Å². The molecule has 0 aliphatic rings. The Hall–Kier alpha value is -3.61. The van der Waals surface area contributed by atoms with Crippen LogP contribution >= 0.6 is 0 Å². The van der Waals surface area contributed by atoms with Crippen LogP contribution in [0.1, 0.15) is 36.7 Å². The Labute approximate surface area is 174 Å². The first-order valence-electron chi connectivity index (χ1n) is 9.57. The molecule has 0 fully saturated rings. The largest absolute Gasteiger partial charge is 0.480 e. The molecule has 0 radical (unpaired) electrons. The number of imide groups is 1. The number of carboxylic acids is 1. The molecular formula is C23H24N2O5. The maximum absolute atomic E-state index is 13.2. The molecular weight excluding hydrogens is 384 g/mol. The monoisotopic (exact) mass is 408 g/mol. The summed E-state index contributed by atoms with van der Waals surface area (Å²) in [4.78, 5) is 42.1. The van der Waals surface area contributed by atoms with Crippen LogP contribution in [0, 0.1) is 0 Å². The maximum Gasteiger partial charge on any atom is 0.418 e. The fourth-order valence-electron chi connectivity index (χ4n) is 3.18. The van der Waals surface area contributed by atoms with E-state index >= 15 is 0 Å². The number of hydrogen-bond donors (Lipinski definition) is 2. The molecule has 156 valence electrons. The zero-order valence-electron chi connectivity index (χ0n) is 17.1. The average molecular weight is 408 g/mol. The number of aliphatic carboxylic acids is 1. The number of aromatic amines is 1. The SMILES string of the molecule is CC(C)(C)OC(=O)N(C(=O)c1ccccc1)C(Cc1c[nH]c2ccccc12)C(=O)O. The third kappa shape index (κ3) is 4.68. The van der Waals surface area contributed by atoms with Crippen molar-refractivity contribution in [2.45, 2.75) is 38.8 Å². The molecule has 2 amide bonds. The van der Waals surface area contributed by atoms with Gasteiger partial charge in [-0.2, -0.15) is 0 Å². The lowest BCUT2D eigenvalue weighted by molar-refractivity contribution is -0.142. The Morgan fingerprint density at radius 3 is 2.30 bits per heavy atom. The molecule has 1 atom stereocenters. The first-order valence-corrected chi connectivity index (χ1v) is 9.57. The molecule has 30 heavy (non-hydrogen) atoms. The second-order valence-corrected chi connectivity index (χ2v) is 7.94. The molecule has 1 aromatic heterocycles. The summed E-state index contributed by atoms with van der Waals surface area (Å²) in [7, 11) is 0. The highest BCUT2D eigenvalue weighted by molar-refractivity contribution is 6.05. The normalized spacial score (nSPS) is 12.4. The van der Waals surface area contributed by atoms with Crippen molar-refractivity contribution in [1.82, 2.24) is 9.88 Å². The highest BCUT2D eigenvalue weighted by Crippen LogP contribution is 2.23. The molecule has 0 aliphatic carbocycles. The van der Waals surface area contributed by atoms with E-state index in [-0.39, 0.29) is 12.0 Å².